The van der Waals surface area contributed by atoms with Gasteiger partial charge in [0.15, 0.2) is 5.82 Å². The summed E-state index contributed by atoms with van der Waals surface area (Å²) in [7, 11) is 1.65. The fraction of sp³-hybridized carbons (Fsp3) is 0.390. The van der Waals surface area contributed by atoms with Crippen molar-refractivity contribution in [2.45, 2.75) is 37.4 Å². The van der Waals surface area contributed by atoms with E-state index in [-0.39, 0.29) is 11.9 Å². The molecule has 3 aromatic carbocycles. The smallest absolute Gasteiger partial charge is 0.247 e. The minimum atomic E-state index is -0.281. The highest BCUT2D eigenvalue weighted by Gasteiger charge is 2.33. The summed E-state index contributed by atoms with van der Waals surface area (Å²) in [4.78, 5) is 35.5. The summed E-state index contributed by atoms with van der Waals surface area (Å²) >= 11 is 0. The van der Waals surface area contributed by atoms with Crippen molar-refractivity contribution in [2.24, 2.45) is 0 Å². The number of hydrogen-bond acceptors (Lipinski definition) is 12. The van der Waals surface area contributed by atoms with Crippen LogP contribution in [0.15, 0.2) is 91.8 Å². The molecule has 13 nitrogen and oxygen atoms in total. The maximum Gasteiger partial charge on any atom is 0.247 e. The summed E-state index contributed by atoms with van der Waals surface area (Å²) in [6.45, 7) is 12.1. The predicted octanol–water partition coefficient (Wildman–Crippen LogP) is 6.01. The van der Waals surface area contributed by atoms with Gasteiger partial charge in [0.25, 0.3) is 0 Å². The molecule has 4 saturated heterocycles. The van der Waals surface area contributed by atoms with Crippen molar-refractivity contribution in [1.82, 2.24) is 19.8 Å². The summed E-state index contributed by atoms with van der Waals surface area (Å²) < 4.78 is 17.4. The number of carbonyl (C=O) groups excluding carboxylic acids is 1. The molecule has 13 heteroatoms. The number of hydrogen-bond donors (Lipinski definition) is 2. The lowest BCUT2D eigenvalue weighted by atomic mass is 10.0. The van der Waals surface area contributed by atoms with Crippen LogP contribution in [0, 0.1) is 0 Å². The van der Waals surface area contributed by atoms with E-state index in [4.69, 9.17) is 19.0 Å². The summed E-state index contributed by atoms with van der Waals surface area (Å²) in [5.74, 6) is 3.04. The Labute approximate surface area is 316 Å². The SMILES string of the molecule is C=CC(=O)Nc1cc(Nc2cc(N3OCC[C@@H]3c3cccc(Oc4ccccc4)c3)ncn2)c(OC)cc1N1CCC(N2CCN(C3COC3)CC2)CC1. The van der Waals surface area contributed by atoms with Crippen LogP contribution in [0.5, 0.6) is 17.2 Å². The number of amides is 1. The van der Waals surface area contributed by atoms with E-state index >= 15 is 0 Å². The van der Waals surface area contributed by atoms with Crippen LogP contribution >= 0.6 is 0 Å². The molecule has 1 amide bonds. The summed E-state index contributed by atoms with van der Waals surface area (Å²) in [6, 6.07) is 24.6. The summed E-state index contributed by atoms with van der Waals surface area (Å²) in [6.07, 6.45) is 5.69. The molecule has 0 saturated carbocycles. The summed E-state index contributed by atoms with van der Waals surface area (Å²) in [5.41, 5.74) is 3.29. The van der Waals surface area contributed by atoms with Gasteiger partial charge in [-0.15, -0.1) is 0 Å². The van der Waals surface area contributed by atoms with Gasteiger partial charge >= 0.3 is 0 Å². The molecule has 2 N–H and O–H groups in total. The number of methoxy groups -OCH3 is 1. The summed E-state index contributed by atoms with van der Waals surface area (Å²) in [5, 5.41) is 8.29. The average Bonchev–Trinajstić information content (AvgIpc) is 3.69. The van der Waals surface area contributed by atoms with E-state index in [2.05, 4.69) is 47.9 Å². The Kier molecular flexibility index (Phi) is 10.9. The van der Waals surface area contributed by atoms with Gasteiger partial charge in [-0.2, -0.15) is 0 Å². The molecular weight excluding hydrogens is 685 g/mol. The molecule has 282 valence electrons. The molecule has 1 aromatic heterocycles. The van der Waals surface area contributed by atoms with Gasteiger partial charge in [-0.3, -0.25) is 19.4 Å². The zero-order chi connectivity index (χ0) is 36.9. The molecule has 4 aromatic rings. The highest BCUT2D eigenvalue weighted by Crippen LogP contribution is 2.41. The Bertz CT molecular complexity index is 1910. The number of anilines is 5. The van der Waals surface area contributed by atoms with Crippen molar-refractivity contribution >= 4 is 34.6 Å². The van der Waals surface area contributed by atoms with Crippen molar-refractivity contribution < 1.29 is 23.8 Å². The minimum absolute atomic E-state index is 0.0715. The van der Waals surface area contributed by atoms with Gasteiger partial charge in [-0.1, -0.05) is 36.9 Å². The Morgan fingerprint density at radius 1 is 0.852 bits per heavy atom. The first-order chi connectivity index (χ1) is 26.5. The Morgan fingerprint density at radius 2 is 1.61 bits per heavy atom. The van der Waals surface area contributed by atoms with E-state index in [1.54, 1.807) is 7.11 Å². The Balaban J connectivity index is 0.971. The van der Waals surface area contributed by atoms with Gasteiger partial charge in [-0.05, 0) is 54.8 Å². The number of piperazine rings is 1. The third-order valence-corrected chi connectivity index (χ3v) is 10.8. The van der Waals surface area contributed by atoms with E-state index in [9.17, 15) is 4.79 Å². The molecule has 8 rings (SSSR count). The molecule has 1 atom stereocenters. The van der Waals surface area contributed by atoms with Crippen molar-refractivity contribution in [2.75, 3.05) is 86.8 Å². The number of aromatic nitrogens is 2. The van der Waals surface area contributed by atoms with Gasteiger partial charge in [0.2, 0.25) is 5.91 Å². The van der Waals surface area contributed by atoms with Crippen LogP contribution < -0.4 is 30.1 Å². The molecule has 0 bridgehead atoms. The fourth-order valence-corrected chi connectivity index (χ4v) is 7.84. The third-order valence-electron chi connectivity index (χ3n) is 10.8. The van der Waals surface area contributed by atoms with Crippen molar-refractivity contribution in [3.05, 3.63) is 97.3 Å². The third kappa shape index (κ3) is 7.99. The molecule has 54 heavy (non-hydrogen) atoms. The van der Waals surface area contributed by atoms with Crippen LogP contribution in [-0.2, 0) is 14.4 Å². The Morgan fingerprint density at radius 3 is 2.33 bits per heavy atom. The monoisotopic (exact) mass is 732 g/mol. The molecule has 0 unspecified atom stereocenters. The van der Waals surface area contributed by atoms with Gasteiger partial charge in [0.05, 0.1) is 56.1 Å². The van der Waals surface area contributed by atoms with Crippen LogP contribution in [-0.4, -0.2) is 104 Å². The zero-order valence-electron chi connectivity index (χ0n) is 30.7. The fourth-order valence-electron chi connectivity index (χ4n) is 7.84. The van der Waals surface area contributed by atoms with Gasteiger partial charge in [0, 0.05) is 63.9 Å². The maximum absolute atomic E-state index is 12.7. The normalized spacial score (nSPS) is 20.0. The number of hydroxylamine groups is 1. The number of ether oxygens (including phenoxy) is 3. The largest absolute Gasteiger partial charge is 0.494 e. The molecular formula is C41H48N8O5. The number of nitrogens with one attached hydrogen (secondary N) is 2. The number of benzene rings is 3. The number of piperidine rings is 1. The van der Waals surface area contributed by atoms with Gasteiger partial charge in [-0.25, -0.2) is 15.0 Å². The van der Waals surface area contributed by atoms with Crippen LogP contribution in [0.25, 0.3) is 0 Å². The van der Waals surface area contributed by atoms with E-state index < -0.39 is 0 Å². The molecule has 4 fully saturated rings. The van der Waals surface area contributed by atoms with Gasteiger partial charge in [0.1, 0.15) is 29.4 Å². The van der Waals surface area contributed by atoms with Crippen molar-refractivity contribution in [3.63, 3.8) is 0 Å². The number of para-hydroxylation sites is 1. The predicted molar refractivity (Wildman–Crippen MR) is 209 cm³/mol. The average molecular weight is 733 g/mol. The second-order valence-corrected chi connectivity index (χ2v) is 14.1. The zero-order valence-corrected chi connectivity index (χ0v) is 30.7. The van der Waals surface area contributed by atoms with E-state index in [0.29, 0.717) is 47.5 Å². The lowest BCUT2D eigenvalue weighted by Gasteiger charge is -2.46. The lowest BCUT2D eigenvalue weighted by Crippen LogP contribution is -2.59. The second kappa shape index (κ2) is 16.4. The molecule has 0 spiro atoms. The van der Waals surface area contributed by atoms with Crippen LogP contribution in [0.3, 0.4) is 0 Å². The van der Waals surface area contributed by atoms with Crippen LogP contribution in [0.2, 0.25) is 0 Å². The molecule has 4 aliphatic rings. The maximum atomic E-state index is 12.7. The number of nitrogens with zero attached hydrogens (tertiary/aromatic N) is 6. The second-order valence-electron chi connectivity index (χ2n) is 14.1. The van der Waals surface area contributed by atoms with E-state index in [0.717, 1.165) is 94.5 Å². The number of carbonyl (C=O) groups is 1. The van der Waals surface area contributed by atoms with Gasteiger partial charge < -0.3 is 29.7 Å². The molecule has 4 aliphatic heterocycles. The van der Waals surface area contributed by atoms with Crippen LogP contribution in [0.4, 0.5) is 28.7 Å². The van der Waals surface area contributed by atoms with E-state index in [1.165, 1.54) is 12.4 Å². The molecule has 0 aliphatic carbocycles. The standard InChI is InChI=1S/C41H48N8O5/c1-3-41(50)45-34-23-35(38(51-2)24-37(34)48-15-12-30(13-16-48)46-17-19-47(20-18-46)31-26-52-27-31)44-39-25-40(43-28-42-39)49-36(14-21-53-49)29-8-7-11-33(22-29)54-32-9-5-4-6-10-32/h3-11,22-25,28,30-31,36H,1,12-21,26-27H2,2H3,(H,45,50)(H,42,43,44)/t36-/m1/s1. The first-order valence-electron chi connectivity index (χ1n) is 18.8. The Hall–Kier alpha value is -5.21. The van der Waals surface area contributed by atoms with Crippen molar-refractivity contribution in [1.29, 1.82) is 0 Å². The highest BCUT2D eigenvalue weighted by molar-refractivity contribution is 6.02. The highest BCUT2D eigenvalue weighted by atomic mass is 16.7. The first kappa shape index (κ1) is 35.8. The van der Waals surface area contributed by atoms with E-state index in [1.807, 2.05) is 71.8 Å². The molecule has 0 radical (unpaired) electrons. The first-order valence-corrected chi connectivity index (χ1v) is 18.8. The molecule has 5 heterocycles. The number of rotatable bonds is 12. The lowest BCUT2D eigenvalue weighted by molar-refractivity contribution is -0.111. The minimum Gasteiger partial charge on any atom is -0.494 e. The van der Waals surface area contributed by atoms with Crippen LogP contribution in [0.1, 0.15) is 30.9 Å². The quantitative estimate of drug-likeness (QED) is 0.166. The topological polar surface area (TPSA) is 117 Å². The van der Waals surface area contributed by atoms with Crippen molar-refractivity contribution in [3.8, 4) is 17.2 Å².